The molecule has 1 heterocycles. The molecule has 0 saturated carbocycles. The highest BCUT2D eigenvalue weighted by Crippen LogP contribution is 2.15. The molecule has 0 radical (unpaired) electrons. The molecular formula is C6H12O5. The van der Waals surface area contributed by atoms with Gasteiger partial charge in [0.25, 0.3) is 0 Å². The SMILES string of the molecule is CO[C@H]1[C@H](O)[C@@H](O)OC[C@@H]1O. The van der Waals surface area contributed by atoms with Gasteiger partial charge in [0.05, 0.1) is 6.61 Å². The molecule has 0 spiro atoms. The fraction of sp³-hybridized carbons (Fsp3) is 1.00. The van der Waals surface area contributed by atoms with Crippen molar-refractivity contribution in [2.45, 2.75) is 24.6 Å². The van der Waals surface area contributed by atoms with E-state index in [1.807, 2.05) is 0 Å². The predicted octanol–water partition coefficient (Wildman–Crippen LogP) is -1.93. The largest absolute Gasteiger partial charge is 0.388 e. The molecule has 1 aliphatic rings. The van der Waals surface area contributed by atoms with Crippen molar-refractivity contribution in [2.24, 2.45) is 0 Å². The Hall–Kier alpha value is -0.200. The predicted molar refractivity (Wildman–Crippen MR) is 34.8 cm³/mol. The van der Waals surface area contributed by atoms with Gasteiger partial charge in [0.1, 0.15) is 18.3 Å². The summed E-state index contributed by atoms with van der Waals surface area (Å²) in [6.45, 7) is -0.0171. The third-order valence-electron chi connectivity index (χ3n) is 1.72. The number of ether oxygens (including phenoxy) is 2. The van der Waals surface area contributed by atoms with Crippen LogP contribution in [0.1, 0.15) is 0 Å². The molecular weight excluding hydrogens is 152 g/mol. The fourth-order valence-corrected chi connectivity index (χ4v) is 1.08. The van der Waals surface area contributed by atoms with Crippen LogP contribution in [0.25, 0.3) is 0 Å². The van der Waals surface area contributed by atoms with E-state index in [0.717, 1.165) is 0 Å². The Kier molecular flexibility index (Phi) is 2.80. The highest BCUT2D eigenvalue weighted by atomic mass is 16.6. The van der Waals surface area contributed by atoms with Crippen molar-refractivity contribution >= 4 is 0 Å². The number of aliphatic hydroxyl groups is 3. The third kappa shape index (κ3) is 1.69. The second-order valence-electron chi connectivity index (χ2n) is 2.48. The summed E-state index contributed by atoms with van der Waals surface area (Å²) in [7, 11) is 1.36. The number of hydrogen-bond donors (Lipinski definition) is 3. The van der Waals surface area contributed by atoms with Crippen LogP contribution in [0.4, 0.5) is 0 Å². The maximum Gasteiger partial charge on any atom is 0.183 e. The van der Waals surface area contributed by atoms with E-state index >= 15 is 0 Å². The van der Waals surface area contributed by atoms with Gasteiger partial charge in [0, 0.05) is 7.11 Å². The van der Waals surface area contributed by atoms with E-state index in [1.54, 1.807) is 0 Å². The first kappa shape index (κ1) is 8.89. The van der Waals surface area contributed by atoms with Crippen molar-refractivity contribution < 1.29 is 24.8 Å². The lowest BCUT2D eigenvalue weighted by molar-refractivity contribution is -0.257. The Morgan fingerprint density at radius 3 is 2.45 bits per heavy atom. The van der Waals surface area contributed by atoms with Crippen LogP contribution in [0.5, 0.6) is 0 Å². The van der Waals surface area contributed by atoms with Crippen LogP contribution < -0.4 is 0 Å². The minimum absolute atomic E-state index is 0.0171. The number of aliphatic hydroxyl groups excluding tert-OH is 3. The lowest BCUT2D eigenvalue weighted by atomic mass is 10.1. The average molecular weight is 164 g/mol. The van der Waals surface area contributed by atoms with Crippen molar-refractivity contribution in [3.8, 4) is 0 Å². The van der Waals surface area contributed by atoms with Gasteiger partial charge in [-0.05, 0) is 0 Å². The van der Waals surface area contributed by atoms with Crippen LogP contribution >= 0.6 is 0 Å². The molecule has 5 heteroatoms. The molecule has 0 aromatic rings. The van der Waals surface area contributed by atoms with Crippen LogP contribution in [0.2, 0.25) is 0 Å². The van der Waals surface area contributed by atoms with Crippen molar-refractivity contribution in [3.05, 3.63) is 0 Å². The van der Waals surface area contributed by atoms with Gasteiger partial charge in [-0.1, -0.05) is 0 Å². The summed E-state index contributed by atoms with van der Waals surface area (Å²) >= 11 is 0. The van der Waals surface area contributed by atoms with Crippen LogP contribution in [0.3, 0.4) is 0 Å². The topological polar surface area (TPSA) is 79.2 Å². The standard InChI is InChI=1S/C6H12O5/c1-10-5-3(7)2-11-6(9)4(5)8/h3-9H,2H2,1H3/t3-,4-,5+,6-/m0/s1. The minimum atomic E-state index is -1.26. The molecule has 0 bridgehead atoms. The molecule has 1 rings (SSSR count). The molecule has 1 saturated heterocycles. The van der Waals surface area contributed by atoms with Gasteiger partial charge in [-0.15, -0.1) is 0 Å². The van der Waals surface area contributed by atoms with Gasteiger partial charge in [-0.2, -0.15) is 0 Å². The summed E-state index contributed by atoms with van der Waals surface area (Å²) in [5.74, 6) is 0. The maximum atomic E-state index is 9.15. The minimum Gasteiger partial charge on any atom is -0.388 e. The van der Waals surface area contributed by atoms with E-state index < -0.39 is 24.6 Å². The Balaban J connectivity index is 2.55. The highest BCUT2D eigenvalue weighted by molar-refractivity contribution is 4.82. The normalized spacial score (nSPS) is 45.8. The second-order valence-corrected chi connectivity index (χ2v) is 2.48. The lowest BCUT2D eigenvalue weighted by Gasteiger charge is -2.34. The molecule has 3 N–H and O–H groups in total. The van der Waals surface area contributed by atoms with Crippen molar-refractivity contribution in [3.63, 3.8) is 0 Å². The molecule has 0 aromatic heterocycles. The number of rotatable bonds is 1. The van der Waals surface area contributed by atoms with E-state index in [9.17, 15) is 0 Å². The van der Waals surface area contributed by atoms with E-state index in [2.05, 4.69) is 4.74 Å². The molecule has 1 aliphatic heterocycles. The van der Waals surface area contributed by atoms with Crippen molar-refractivity contribution in [2.75, 3.05) is 13.7 Å². The quantitative estimate of drug-likeness (QED) is 0.420. The zero-order chi connectivity index (χ0) is 8.43. The highest BCUT2D eigenvalue weighted by Gasteiger charge is 2.37. The summed E-state index contributed by atoms with van der Waals surface area (Å²) in [5.41, 5.74) is 0. The van der Waals surface area contributed by atoms with E-state index in [0.29, 0.717) is 0 Å². The lowest BCUT2D eigenvalue weighted by Crippen LogP contribution is -2.53. The van der Waals surface area contributed by atoms with Gasteiger partial charge in [0.15, 0.2) is 6.29 Å². The summed E-state index contributed by atoms with van der Waals surface area (Å²) in [4.78, 5) is 0. The van der Waals surface area contributed by atoms with Crippen LogP contribution in [-0.4, -0.2) is 53.6 Å². The Morgan fingerprint density at radius 2 is 2.00 bits per heavy atom. The van der Waals surface area contributed by atoms with Crippen molar-refractivity contribution in [1.82, 2.24) is 0 Å². The average Bonchev–Trinajstić information content (AvgIpc) is 1.99. The summed E-state index contributed by atoms with van der Waals surface area (Å²) in [5, 5.41) is 27.2. The summed E-state index contributed by atoms with van der Waals surface area (Å²) in [6, 6.07) is 0. The smallest absolute Gasteiger partial charge is 0.183 e. The zero-order valence-electron chi connectivity index (χ0n) is 6.17. The molecule has 1 fully saturated rings. The molecule has 5 nitrogen and oxygen atoms in total. The Labute approximate surface area is 64.2 Å². The molecule has 4 atom stereocenters. The van der Waals surface area contributed by atoms with Crippen LogP contribution in [-0.2, 0) is 9.47 Å². The van der Waals surface area contributed by atoms with Gasteiger partial charge in [-0.3, -0.25) is 0 Å². The van der Waals surface area contributed by atoms with Gasteiger partial charge >= 0.3 is 0 Å². The second kappa shape index (κ2) is 3.46. The molecule has 0 amide bonds. The summed E-state index contributed by atoms with van der Waals surface area (Å²) < 4.78 is 9.36. The van der Waals surface area contributed by atoms with Crippen LogP contribution in [0, 0.1) is 0 Å². The summed E-state index contributed by atoms with van der Waals surface area (Å²) in [6.07, 6.45) is -4.08. The van der Waals surface area contributed by atoms with E-state index in [-0.39, 0.29) is 6.61 Å². The first-order valence-corrected chi connectivity index (χ1v) is 3.35. The van der Waals surface area contributed by atoms with Gasteiger partial charge in [-0.25, -0.2) is 0 Å². The van der Waals surface area contributed by atoms with E-state index in [1.165, 1.54) is 7.11 Å². The number of methoxy groups -OCH3 is 1. The molecule has 0 aromatic carbocycles. The fourth-order valence-electron chi connectivity index (χ4n) is 1.08. The molecule has 0 aliphatic carbocycles. The maximum absolute atomic E-state index is 9.15. The Bertz CT molecular complexity index is 128. The molecule has 0 unspecified atom stereocenters. The monoisotopic (exact) mass is 164 g/mol. The zero-order valence-corrected chi connectivity index (χ0v) is 6.17. The first-order chi connectivity index (χ1) is 5.16. The van der Waals surface area contributed by atoms with Gasteiger partial charge < -0.3 is 24.8 Å². The first-order valence-electron chi connectivity index (χ1n) is 3.35. The van der Waals surface area contributed by atoms with Crippen LogP contribution in [0.15, 0.2) is 0 Å². The number of hydrogen-bond acceptors (Lipinski definition) is 5. The Morgan fingerprint density at radius 1 is 1.36 bits per heavy atom. The third-order valence-corrected chi connectivity index (χ3v) is 1.72. The van der Waals surface area contributed by atoms with E-state index in [4.69, 9.17) is 20.1 Å². The van der Waals surface area contributed by atoms with Gasteiger partial charge in [0.2, 0.25) is 0 Å². The molecule has 66 valence electrons. The van der Waals surface area contributed by atoms with Crippen molar-refractivity contribution in [1.29, 1.82) is 0 Å². The molecule has 11 heavy (non-hydrogen) atoms.